The molecule has 0 saturated carbocycles. The number of rotatable bonds is 1. The Kier molecular flexibility index (Phi) is 5.60. The van der Waals surface area contributed by atoms with E-state index in [0.717, 1.165) is 9.37 Å². The van der Waals surface area contributed by atoms with Crippen molar-refractivity contribution in [2.45, 2.75) is 57.3 Å². The van der Waals surface area contributed by atoms with Crippen molar-refractivity contribution in [1.82, 2.24) is 4.90 Å². The lowest BCUT2D eigenvalue weighted by molar-refractivity contribution is 0.241. The fourth-order valence-corrected chi connectivity index (χ4v) is 3.76. The van der Waals surface area contributed by atoms with E-state index in [0.29, 0.717) is 0 Å². The molecule has 0 spiro atoms. The van der Waals surface area contributed by atoms with Gasteiger partial charge in [-0.3, -0.25) is 4.79 Å². The standard InChI is InChI=1S/C17H26BrNOS/c1-16(2,3)12-9-11(18)10-13(17(4,5)6)14(12)21-15(20)19(7)8/h9-10H,1-8H3. The molecule has 4 heteroatoms. The number of amides is 1. The molecule has 0 aliphatic rings. The number of hydrogen-bond acceptors (Lipinski definition) is 2. The van der Waals surface area contributed by atoms with E-state index in [4.69, 9.17) is 0 Å². The highest BCUT2D eigenvalue weighted by Gasteiger charge is 2.28. The van der Waals surface area contributed by atoms with Gasteiger partial charge in [0.15, 0.2) is 0 Å². The van der Waals surface area contributed by atoms with Crippen LogP contribution in [-0.4, -0.2) is 24.2 Å². The van der Waals surface area contributed by atoms with Gasteiger partial charge in [-0.05, 0) is 45.9 Å². The molecule has 118 valence electrons. The lowest BCUT2D eigenvalue weighted by Crippen LogP contribution is -2.22. The predicted molar refractivity (Wildman–Crippen MR) is 96.5 cm³/mol. The average molecular weight is 372 g/mol. The lowest BCUT2D eigenvalue weighted by Gasteiger charge is -2.30. The molecule has 0 heterocycles. The summed E-state index contributed by atoms with van der Waals surface area (Å²) in [7, 11) is 3.59. The van der Waals surface area contributed by atoms with E-state index in [-0.39, 0.29) is 16.1 Å². The third kappa shape index (κ3) is 4.75. The molecule has 1 aromatic carbocycles. The second-order valence-corrected chi connectivity index (χ2v) is 9.47. The Balaban J connectivity index is 3.58. The number of hydrogen-bond donors (Lipinski definition) is 0. The summed E-state index contributed by atoms with van der Waals surface area (Å²) in [4.78, 5) is 15.0. The number of nitrogens with zero attached hydrogens (tertiary/aromatic N) is 1. The van der Waals surface area contributed by atoms with Gasteiger partial charge in [0.1, 0.15) is 0 Å². The molecule has 0 radical (unpaired) electrons. The van der Waals surface area contributed by atoms with E-state index in [9.17, 15) is 4.79 Å². The number of benzene rings is 1. The topological polar surface area (TPSA) is 20.3 Å². The van der Waals surface area contributed by atoms with Crippen LogP contribution in [0.15, 0.2) is 21.5 Å². The van der Waals surface area contributed by atoms with Gasteiger partial charge in [0.2, 0.25) is 0 Å². The fourth-order valence-electron chi connectivity index (χ4n) is 2.00. The van der Waals surface area contributed by atoms with Gasteiger partial charge in [-0.1, -0.05) is 57.5 Å². The summed E-state index contributed by atoms with van der Waals surface area (Å²) in [6, 6.07) is 4.28. The zero-order chi connectivity index (χ0) is 16.6. The molecular formula is C17H26BrNOS. The van der Waals surface area contributed by atoms with Crippen molar-refractivity contribution in [1.29, 1.82) is 0 Å². The Labute approximate surface area is 141 Å². The summed E-state index contributed by atoms with van der Waals surface area (Å²) in [5, 5.41) is 0.0633. The minimum Gasteiger partial charge on any atom is -0.339 e. The van der Waals surface area contributed by atoms with Gasteiger partial charge in [0, 0.05) is 23.5 Å². The van der Waals surface area contributed by atoms with Crippen molar-refractivity contribution in [2.24, 2.45) is 0 Å². The van der Waals surface area contributed by atoms with Crippen LogP contribution in [0.25, 0.3) is 0 Å². The molecule has 0 fully saturated rings. The SMILES string of the molecule is CN(C)C(=O)Sc1c(C(C)(C)C)cc(Br)cc1C(C)(C)C. The van der Waals surface area contributed by atoms with Gasteiger partial charge in [-0.25, -0.2) is 0 Å². The normalized spacial score (nSPS) is 12.4. The molecule has 0 N–H and O–H groups in total. The molecule has 0 unspecified atom stereocenters. The smallest absolute Gasteiger partial charge is 0.285 e. The maximum Gasteiger partial charge on any atom is 0.285 e. The molecule has 0 aromatic heterocycles. The van der Waals surface area contributed by atoms with Crippen molar-refractivity contribution in [2.75, 3.05) is 14.1 Å². The van der Waals surface area contributed by atoms with Crippen LogP contribution in [0.5, 0.6) is 0 Å². The first-order valence-electron chi connectivity index (χ1n) is 7.07. The number of carbonyl (C=O) groups excluding carboxylic acids is 1. The molecule has 0 aliphatic heterocycles. The van der Waals surface area contributed by atoms with Crippen LogP contribution in [0.1, 0.15) is 52.7 Å². The Bertz CT molecular complexity index is 504. The van der Waals surface area contributed by atoms with Gasteiger partial charge in [0.25, 0.3) is 5.24 Å². The van der Waals surface area contributed by atoms with E-state index in [1.54, 1.807) is 19.0 Å². The maximum atomic E-state index is 12.2. The first-order valence-corrected chi connectivity index (χ1v) is 8.68. The van der Waals surface area contributed by atoms with Crippen molar-refractivity contribution >= 4 is 32.9 Å². The van der Waals surface area contributed by atoms with Gasteiger partial charge in [0.05, 0.1) is 0 Å². The highest BCUT2D eigenvalue weighted by Crippen LogP contribution is 2.42. The van der Waals surface area contributed by atoms with Gasteiger partial charge in [-0.15, -0.1) is 0 Å². The van der Waals surface area contributed by atoms with Gasteiger partial charge in [-0.2, -0.15) is 0 Å². The fraction of sp³-hybridized carbons (Fsp3) is 0.588. The minimum atomic E-state index is -0.0152. The highest BCUT2D eigenvalue weighted by atomic mass is 79.9. The van der Waals surface area contributed by atoms with E-state index < -0.39 is 0 Å². The van der Waals surface area contributed by atoms with E-state index >= 15 is 0 Å². The summed E-state index contributed by atoms with van der Waals surface area (Å²) in [5.41, 5.74) is 2.39. The Morgan fingerprint density at radius 2 is 1.38 bits per heavy atom. The summed E-state index contributed by atoms with van der Waals surface area (Å²) in [6.07, 6.45) is 0. The maximum absolute atomic E-state index is 12.2. The van der Waals surface area contributed by atoms with Crippen LogP contribution in [-0.2, 0) is 10.8 Å². The zero-order valence-corrected chi connectivity index (χ0v) is 16.7. The van der Waals surface area contributed by atoms with Gasteiger partial charge < -0.3 is 4.90 Å². The largest absolute Gasteiger partial charge is 0.339 e. The number of halogens is 1. The molecular weight excluding hydrogens is 346 g/mol. The van der Waals surface area contributed by atoms with Crippen LogP contribution in [0.3, 0.4) is 0 Å². The van der Waals surface area contributed by atoms with Gasteiger partial charge >= 0.3 is 0 Å². The molecule has 21 heavy (non-hydrogen) atoms. The second kappa shape index (κ2) is 6.33. The third-order valence-electron chi connectivity index (χ3n) is 3.22. The predicted octanol–water partition coefficient (Wildman–Crippen LogP) is 5.82. The van der Waals surface area contributed by atoms with E-state index in [1.165, 1.54) is 22.9 Å². The van der Waals surface area contributed by atoms with Crippen molar-refractivity contribution in [3.63, 3.8) is 0 Å². The molecule has 0 bridgehead atoms. The molecule has 0 aliphatic carbocycles. The van der Waals surface area contributed by atoms with Crippen molar-refractivity contribution < 1.29 is 4.79 Å². The monoisotopic (exact) mass is 371 g/mol. The average Bonchev–Trinajstić information content (AvgIpc) is 2.27. The molecule has 0 atom stereocenters. The molecule has 2 nitrogen and oxygen atoms in total. The number of carbonyl (C=O) groups is 1. The number of thioether (sulfide) groups is 1. The first-order chi connectivity index (χ1) is 9.34. The summed E-state index contributed by atoms with van der Waals surface area (Å²) in [6.45, 7) is 13.1. The highest BCUT2D eigenvalue weighted by molar-refractivity contribution is 9.10. The van der Waals surface area contributed by atoms with Crippen LogP contribution in [0.2, 0.25) is 0 Å². The Hall–Kier alpha value is -0.480. The van der Waals surface area contributed by atoms with Crippen LogP contribution in [0, 0.1) is 0 Å². The molecule has 1 rings (SSSR count). The molecule has 0 saturated heterocycles. The van der Waals surface area contributed by atoms with Crippen LogP contribution < -0.4 is 0 Å². The summed E-state index contributed by atoms with van der Waals surface area (Å²) >= 11 is 4.96. The van der Waals surface area contributed by atoms with E-state index in [1.807, 2.05) is 0 Å². The van der Waals surface area contributed by atoms with Crippen molar-refractivity contribution in [3.05, 3.63) is 27.7 Å². The Morgan fingerprint density at radius 1 is 1.00 bits per heavy atom. The summed E-state index contributed by atoms with van der Waals surface area (Å²) < 4.78 is 1.07. The lowest BCUT2D eigenvalue weighted by atomic mass is 9.80. The second-order valence-electron chi connectivity index (χ2n) is 7.59. The first kappa shape index (κ1) is 18.6. The van der Waals surface area contributed by atoms with E-state index in [2.05, 4.69) is 69.6 Å². The minimum absolute atomic E-state index is 0.0152. The van der Waals surface area contributed by atoms with Crippen molar-refractivity contribution in [3.8, 4) is 0 Å². The van der Waals surface area contributed by atoms with Crippen LogP contribution >= 0.6 is 27.7 Å². The van der Waals surface area contributed by atoms with Crippen LogP contribution in [0.4, 0.5) is 4.79 Å². The third-order valence-corrected chi connectivity index (χ3v) is 4.87. The Morgan fingerprint density at radius 3 is 1.67 bits per heavy atom. The molecule has 1 amide bonds. The zero-order valence-electron chi connectivity index (χ0n) is 14.3. The summed E-state index contributed by atoms with van der Waals surface area (Å²) in [5.74, 6) is 0. The molecule has 1 aromatic rings. The quantitative estimate of drug-likeness (QED) is 0.579.